The van der Waals surface area contributed by atoms with Crippen LogP contribution in [0, 0.1) is 5.92 Å². The number of halogens is 3. The molecule has 0 radical (unpaired) electrons. The molecule has 0 bridgehead atoms. The Labute approximate surface area is 240 Å². The zero-order chi connectivity index (χ0) is 26.1. The van der Waals surface area contributed by atoms with Crippen LogP contribution in [0.5, 0.6) is 5.75 Å². The van der Waals surface area contributed by atoms with Crippen LogP contribution in [0.4, 0.5) is 5.69 Å². The van der Waals surface area contributed by atoms with Crippen molar-refractivity contribution in [3.8, 4) is 16.9 Å². The first-order chi connectivity index (χ1) is 17.8. The van der Waals surface area contributed by atoms with E-state index in [1.54, 1.807) is 25.3 Å². The van der Waals surface area contributed by atoms with E-state index < -0.39 is 0 Å². The smallest absolute Gasteiger partial charge is 0.163 e. The van der Waals surface area contributed by atoms with Crippen LogP contribution in [0.15, 0.2) is 36.5 Å². The van der Waals surface area contributed by atoms with Gasteiger partial charge in [0.15, 0.2) is 11.5 Å². The largest absolute Gasteiger partial charge is 0.505 e. The fraction of sp³-hybridized carbons (Fsp3) is 0.448. The van der Waals surface area contributed by atoms with Crippen LogP contribution in [0.2, 0.25) is 10.0 Å². The molecule has 0 amide bonds. The molecule has 204 valence electrons. The van der Waals surface area contributed by atoms with E-state index in [-0.39, 0.29) is 34.0 Å². The summed E-state index contributed by atoms with van der Waals surface area (Å²) < 4.78 is 0. The van der Waals surface area contributed by atoms with Crippen LogP contribution in [-0.4, -0.2) is 71.5 Å². The van der Waals surface area contributed by atoms with Gasteiger partial charge in [-0.25, -0.2) is 0 Å². The van der Waals surface area contributed by atoms with Crippen molar-refractivity contribution in [1.29, 1.82) is 0 Å². The maximum Gasteiger partial charge on any atom is 0.163 e. The number of hydrogen-bond donors (Lipinski definition) is 2. The van der Waals surface area contributed by atoms with Crippen LogP contribution in [0.3, 0.4) is 0 Å². The molecule has 0 atom stereocenters. The Morgan fingerprint density at radius 2 is 1.68 bits per heavy atom. The highest BCUT2D eigenvalue weighted by Crippen LogP contribution is 2.39. The molecule has 2 N–H and O–H groups in total. The van der Waals surface area contributed by atoms with Crippen molar-refractivity contribution in [3.63, 3.8) is 0 Å². The van der Waals surface area contributed by atoms with Crippen LogP contribution in [0.25, 0.3) is 22.0 Å². The lowest BCUT2D eigenvalue weighted by atomic mass is 9.85. The zero-order valence-corrected chi connectivity index (χ0v) is 24.2. The topological polar surface area (TPSA) is 68.7 Å². The third-order valence-electron chi connectivity index (χ3n) is 7.90. The van der Waals surface area contributed by atoms with E-state index in [0.29, 0.717) is 11.6 Å². The Balaban J connectivity index is 0.00000336. The number of fused-ring (bicyclic) bond motifs is 1. The molecule has 1 saturated heterocycles. The van der Waals surface area contributed by atoms with E-state index >= 15 is 0 Å². The number of nitrogens with zero attached hydrogens (tertiary/aromatic N) is 3. The van der Waals surface area contributed by atoms with Crippen molar-refractivity contribution in [3.05, 3.63) is 52.1 Å². The van der Waals surface area contributed by atoms with Crippen LogP contribution in [0.1, 0.15) is 43.0 Å². The van der Waals surface area contributed by atoms with Gasteiger partial charge in [-0.3, -0.25) is 9.78 Å². The molecule has 38 heavy (non-hydrogen) atoms. The molecule has 5 rings (SSSR count). The van der Waals surface area contributed by atoms with Gasteiger partial charge in [-0.1, -0.05) is 29.3 Å². The number of Topliss-reactive ketones (excluding diaryl/α,β-unsaturated/α-hetero) is 1. The number of nitrogens with one attached hydrogen (secondary N) is 1. The van der Waals surface area contributed by atoms with Crippen LogP contribution < -0.4 is 5.32 Å². The predicted molar refractivity (Wildman–Crippen MR) is 159 cm³/mol. The molecule has 1 aliphatic carbocycles. The van der Waals surface area contributed by atoms with Gasteiger partial charge < -0.3 is 20.2 Å². The minimum Gasteiger partial charge on any atom is -0.505 e. The van der Waals surface area contributed by atoms with Crippen molar-refractivity contribution in [2.75, 3.05) is 45.1 Å². The van der Waals surface area contributed by atoms with E-state index in [0.717, 1.165) is 59.6 Å². The van der Waals surface area contributed by atoms with E-state index in [1.807, 2.05) is 18.2 Å². The highest BCUT2D eigenvalue weighted by atomic mass is 35.5. The monoisotopic (exact) mass is 576 g/mol. The Hall–Kier alpha value is -2.09. The van der Waals surface area contributed by atoms with Crippen molar-refractivity contribution >= 4 is 58.0 Å². The van der Waals surface area contributed by atoms with Crippen molar-refractivity contribution in [2.45, 2.75) is 38.6 Å². The van der Waals surface area contributed by atoms with Crippen molar-refractivity contribution < 1.29 is 9.90 Å². The lowest BCUT2D eigenvalue weighted by Crippen LogP contribution is -2.46. The number of aromatic hydroxyl groups is 1. The Morgan fingerprint density at radius 1 is 1.03 bits per heavy atom. The predicted octanol–water partition coefficient (Wildman–Crippen LogP) is 6.76. The summed E-state index contributed by atoms with van der Waals surface area (Å²) in [5.74, 6) is 0.597. The Morgan fingerprint density at radius 3 is 2.32 bits per heavy atom. The molecule has 3 aromatic rings. The number of carbonyl (C=O) groups is 1. The number of ketones is 1. The average Bonchev–Trinajstić information content (AvgIpc) is 2.89. The molecular weight excluding hydrogens is 543 g/mol. The minimum atomic E-state index is -0.126. The number of phenolic OH excluding ortho intramolecular Hbond substituents is 1. The number of anilines is 1. The van der Waals surface area contributed by atoms with Gasteiger partial charge in [-0.2, -0.15) is 0 Å². The summed E-state index contributed by atoms with van der Waals surface area (Å²) in [6.45, 7) is 7.43. The molecule has 2 aromatic carbocycles. The van der Waals surface area contributed by atoms with Gasteiger partial charge >= 0.3 is 0 Å². The number of aromatic nitrogens is 1. The second kappa shape index (κ2) is 12.4. The highest BCUT2D eigenvalue weighted by Gasteiger charge is 2.26. The number of benzene rings is 2. The fourth-order valence-electron chi connectivity index (χ4n) is 5.62. The summed E-state index contributed by atoms with van der Waals surface area (Å²) in [5, 5.41) is 15.0. The lowest BCUT2D eigenvalue weighted by molar-refractivity contribution is 0.101. The maximum absolute atomic E-state index is 12.6. The highest BCUT2D eigenvalue weighted by molar-refractivity contribution is 6.37. The zero-order valence-electron chi connectivity index (χ0n) is 21.8. The second-order valence-corrected chi connectivity index (χ2v) is 11.4. The number of piperazine rings is 1. The van der Waals surface area contributed by atoms with Gasteiger partial charge in [-0.15, -0.1) is 12.4 Å². The molecule has 9 heteroatoms. The minimum absolute atomic E-state index is 0. The van der Waals surface area contributed by atoms with Gasteiger partial charge in [0.25, 0.3) is 0 Å². The summed E-state index contributed by atoms with van der Waals surface area (Å²) in [7, 11) is 2.20. The van der Waals surface area contributed by atoms with E-state index in [4.69, 9.17) is 23.2 Å². The van der Waals surface area contributed by atoms with E-state index in [9.17, 15) is 9.90 Å². The van der Waals surface area contributed by atoms with Crippen molar-refractivity contribution in [2.24, 2.45) is 5.92 Å². The first-order valence-corrected chi connectivity index (χ1v) is 13.8. The first-order valence-electron chi connectivity index (χ1n) is 13.1. The lowest BCUT2D eigenvalue weighted by Gasteiger charge is -2.37. The number of carbonyl (C=O) groups excluding carboxylic acids is 1. The number of hydrogen-bond acceptors (Lipinski definition) is 6. The summed E-state index contributed by atoms with van der Waals surface area (Å²) in [6.07, 6.45) is 6.24. The molecule has 2 heterocycles. The molecule has 1 aromatic heterocycles. The molecular formula is C29H35Cl3N4O2. The van der Waals surface area contributed by atoms with Crippen LogP contribution >= 0.6 is 35.6 Å². The summed E-state index contributed by atoms with van der Waals surface area (Å²) in [5.41, 5.74) is 3.94. The molecule has 0 unspecified atom stereocenters. The molecule has 0 spiro atoms. The van der Waals surface area contributed by atoms with Gasteiger partial charge in [0, 0.05) is 50.3 Å². The molecule has 2 fully saturated rings. The second-order valence-electron chi connectivity index (χ2n) is 10.6. The third-order valence-corrected chi connectivity index (χ3v) is 8.48. The molecule has 2 aliphatic rings. The third kappa shape index (κ3) is 6.37. The number of phenols is 1. The normalized spacial score (nSPS) is 20.7. The average molecular weight is 578 g/mol. The van der Waals surface area contributed by atoms with Gasteiger partial charge in [-0.05, 0) is 81.0 Å². The molecule has 6 nitrogen and oxygen atoms in total. The van der Waals surface area contributed by atoms with Gasteiger partial charge in [0.1, 0.15) is 0 Å². The Kier molecular flexibility index (Phi) is 9.43. The number of rotatable bonds is 6. The first kappa shape index (κ1) is 28.9. The molecule has 1 saturated carbocycles. The standard InChI is InChI=1S/C29H34Cl2N4O2.ClH/c1-18(36)24-16-32-27-8-5-20(21-14-25(30)29(37)26(31)15-21)13-23(27)28(24)33-22-6-3-19(4-7-22)17-35-11-9-34(2)10-12-35;/h5,8,13-16,19,22,37H,3-4,6-7,9-12,17H2,1-2H3,(H,32,33);1H/t19-,22-;. The van der Waals surface area contributed by atoms with Crippen molar-refractivity contribution in [1.82, 2.24) is 14.8 Å². The van der Waals surface area contributed by atoms with E-state index in [1.165, 1.54) is 32.5 Å². The quantitative estimate of drug-likeness (QED) is 0.316. The summed E-state index contributed by atoms with van der Waals surface area (Å²) in [4.78, 5) is 22.2. The van der Waals surface area contributed by atoms with Gasteiger partial charge in [0.2, 0.25) is 0 Å². The maximum atomic E-state index is 12.6. The fourth-order valence-corrected chi connectivity index (χ4v) is 6.10. The number of likely N-dealkylation sites (N-methyl/N-ethyl adjacent to an activating group) is 1. The SMILES string of the molecule is CC(=O)c1cnc2ccc(-c3cc(Cl)c(O)c(Cl)c3)cc2c1N[C@H]1CC[C@H](CN2CCN(C)CC2)CC1.Cl. The van der Waals surface area contributed by atoms with E-state index in [2.05, 4.69) is 27.1 Å². The van der Waals surface area contributed by atoms with Gasteiger partial charge in [0.05, 0.1) is 26.8 Å². The summed E-state index contributed by atoms with van der Waals surface area (Å²) >= 11 is 12.4. The molecule has 1 aliphatic heterocycles. The number of pyridine rings is 1. The Bertz CT molecular complexity index is 1280. The summed E-state index contributed by atoms with van der Waals surface area (Å²) in [6, 6.07) is 9.63. The van der Waals surface area contributed by atoms with Crippen LogP contribution in [-0.2, 0) is 0 Å².